The molecule has 1 saturated heterocycles. The highest BCUT2D eigenvalue weighted by molar-refractivity contribution is 5.71. The number of ether oxygens (including phenoxy) is 2. The van der Waals surface area contributed by atoms with Crippen LogP contribution in [0.3, 0.4) is 0 Å². The highest BCUT2D eigenvalue weighted by Gasteiger charge is 2.40. The van der Waals surface area contributed by atoms with E-state index < -0.39 is 35.9 Å². The minimum Gasteiger partial charge on any atom is -0.461 e. The molecule has 0 aromatic heterocycles. The number of nitrogens with two attached hydrogens (primary N) is 1. The van der Waals surface area contributed by atoms with Crippen LogP contribution in [0.2, 0.25) is 0 Å². The first-order valence-corrected chi connectivity index (χ1v) is 8.78. The maximum absolute atomic E-state index is 12.3. The molecule has 3 atom stereocenters. The minimum atomic E-state index is -0.682. The molecule has 1 aromatic rings. The number of rotatable bonds is 5. The van der Waals surface area contributed by atoms with Gasteiger partial charge in [0.05, 0.1) is 25.1 Å². The molecule has 3 N–H and O–H groups in total. The average Bonchev–Trinajstić information content (AvgIpc) is 2.94. The molecule has 144 valence electrons. The van der Waals surface area contributed by atoms with Crippen molar-refractivity contribution < 1.29 is 24.2 Å². The van der Waals surface area contributed by atoms with Crippen LogP contribution >= 0.6 is 0 Å². The zero-order chi connectivity index (χ0) is 19.3. The Morgan fingerprint density at radius 2 is 1.96 bits per heavy atom. The number of aliphatic hydroxyl groups is 1. The van der Waals surface area contributed by atoms with Crippen LogP contribution in [0.4, 0.5) is 4.79 Å². The van der Waals surface area contributed by atoms with Crippen molar-refractivity contribution in [3.05, 3.63) is 35.9 Å². The van der Waals surface area contributed by atoms with Gasteiger partial charge in [-0.05, 0) is 32.8 Å². The van der Waals surface area contributed by atoms with Crippen molar-refractivity contribution in [3.8, 4) is 0 Å². The van der Waals surface area contributed by atoms with Crippen LogP contribution in [0.15, 0.2) is 30.3 Å². The van der Waals surface area contributed by atoms with Gasteiger partial charge in [0.25, 0.3) is 0 Å². The van der Waals surface area contributed by atoms with Crippen LogP contribution in [0.25, 0.3) is 0 Å². The normalized spacial score (nSPS) is 21.3. The summed E-state index contributed by atoms with van der Waals surface area (Å²) in [6.07, 6.45) is -0.943. The molecule has 1 aliphatic heterocycles. The van der Waals surface area contributed by atoms with E-state index in [0.29, 0.717) is 6.42 Å². The van der Waals surface area contributed by atoms with Gasteiger partial charge in [-0.2, -0.15) is 0 Å². The maximum Gasteiger partial charge on any atom is 0.410 e. The summed E-state index contributed by atoms with van der Waals surface area (Å²) in [4.78, 5) is 25.8. The first-order chi connectivity index (χ1) is 12.2. The van der Waals surface area contributed by atoms with Gasteiger partial charge in [-0.3, -0.25) is 4.79 Å². The third-order valence-electron chi connectivity index (χ3n) is 4.09. The Morgan fingerprint density at radius 3 is 2.58 bits per heavy atom. The van der Waals surface area contributed by atoms with Crippen LogP contribution in [-0.4, -0.2) is 52.4 Å². The number of β-amino-alcohol motifs (C(OH)–C–C–N with tert-alkyl or cyclic N) is 1. The number of hydrogen-bond acceptors (Lipinski definition) is 6. The average molecular weight is 364 g/mol. The molecular formula is C19H28N2O5. The number of carbonyl (C=O) groups is 2. The van der Waals surface area contributed by atoms with Gasteiger partial charge in [-0.25, -0.2) is 4.79 Å². The van der Waals surface area contributed by atoms with Crippen LogP contribution in [-0.2, 0) is 20.9 Å². The van der Waals surface area contributed by atoms with E-state index in [2.05, 4.69) is 0 Å². The lowest BCUT2D eigenvalue weighted by atomic mass is 10.0. The van der Waals surface area contributed by atoms with E-state index >= 15 is 0 Å². The zero-order valence-corrected chi connectivity index (χ0v) is 15.6. The molecule has 0 aliphatic carbocycles. The number of carbonyl (C=O) groups excluding carboxylic acids is 2. The molecule has 1 fully saturated rings. The van der Waals surface area contributed by atoms with Gasteiger partial charge in [0.2, 0.25) is 0 Å². The molecule has 0 bridgehead atoms. The molecule has 1 heterocycles. The van der Waals surface area contributed by atoms with Crippen molar-refractivity contribution in [1.82, 2.24) is 4.90 Å². The second kappa shape index (κ2) is 8.51. The molecule has 2 rings (SSSR count). The number of likely N-dealkylation sites (tertiary alicyclic amines) is 1. The Hall–Kier alpha value is -2.12. The topological polar surface area (TPSA) is 102 Å². The third-order valence-corrected chi connectivity index (χ3v) is 4.09. The quantitative estimate of drug-likeness (QED) is 0.773. The first kappa shape index (κ1) is 20.2. The van der Waals surface area contributed by atoms with E-state index in [1.54, 1.807) is 20.8 Å². The monoisotopic (exact) mass is 364 g/mol. The van der Waals surface area contributed by atoms with Gasteiger partial charge in [0, 0.05) is 6.04 Å². The summed E-state index contributed by atoms with van der Waals surface area (Å²) in [5.41, 5.74) is 6.39. The lowest BCUT2D eigenvalue weighted by Gasteiger charge is -2.31. The molecule has 7 nitrogen and oxygen atoms in total. The van der Waals surface area contributed by atoms with Crippen LogP contribution in [0.1, 0.15) is 39.2 Å². The predicted molar refractivity (Wildman–Crippen MR) is 96.2 cm³/mol. The van der Waals surface area contributed by atoms with Gasteiger partial charge in [0.15, 0.2) is 0 Å². The Morgan fingerprint density at radius 1 is 1.31 bits per heavy atom. The van der Waals surface area contributed by atoms with Gasteiger partial charge >= 0.3 is 12.1 Å². The smallest absolute Gasteiger partial charge is 0.410 e. The largest absolute Gasteiger partial charge is 0.461 e. The second-order valence-electron chi connectivity index (χ2n) is 7.60. The highest BCUT2D eigenvalue weighted by atomic mass is 16.6. The number of amides is 1. The van der Waals surface area contributed by atoms with Crippen molar-refractivity contribution in [1.29, 1.82) is 0 Å². The van der Waals surface area contributed by atoms with Gasteiger partial charge in [-0.15, -0.1) is 0 Å². The zero-order valence-electron chi connectivity index (χ0n) is 15.6. The Kier molecular flexibility index (Phi) is 6.61. The number of aliphatic hydroxyl groups excluding tert-OH is 1. The molecular weight excluding hydrogens is 336 g/mol. The molecule has 0 spiro atoms. The lowest BCUT2D eigenvalue weighted by molar-refractivity contribution is -0.145. The number of benzene rings is 1. The van der Waals surface area contributed by atoms with Crippen molar-refractivity contribution in [3.63, 3.8) is 0 Å². The Balaban J connectivity index is 1.90. The maximum atomic E-state index is 12.3. The summed E-state index contributed by atoms with van der Waals surface area (Å²) in [7, 11) is 0. The van der Waals surface area contributed by atoms with Crippen LogP contribution < -0.4 is 5.73 Å². The Labute approximate surface area is 154 Å². The van der Waals surface area contributed by atoms with Crippen LogP contribution in [0, 0.1) is 0 Å². The standard InChI is InChI=1S/C19H28N2O5/c1-19(2,3)26-18(24)21-11-14(22)9-16(21)15(20)10-17(23)25-12-13-7-5-4-6-8-13/h4-8,14-16,22H,9-12,20H2,1-3H3. The summed E-state index contributed by atoms with van der Waals surface area (Å²) in [5.74, 6) is -0.438. The van der Waals surface area contributed by atoms with Crippen molar-refractivity contribution in [2.24, 2.45) is 5.73 Å². The van der Waals surface area contributed by atoms with Gasteiger partial charge in [0.1, 0.15) is 12.2 Å². The minimum absolute atomic E-state index is 0.0382. The third kappa shape index (κ3) is 6.00. The van der Waals surface area contributed by atoms with Gasteiger partial charge < -0.3 is 25.2 Å². The van der Waals surface area contributed by atoms with E-state index in [4.69, 9.17) is 15.2 Å². The van der Waals surface area contributed by atoms with Crippen molar-refractivity contribution in [2.75, 3.05) is 6.54 Å². The Bertz CT molecular complexity index is 614. The summed E-state index contributed by atoms with van der Waals surface area (Å²) in [5, 5.41) is 9.93. The molecule has 26 heavy (non-hydrogen) atoms. The van der Waals surface area contributed by atoms with E-state index in [-0.39, 0.29) is 19.6 Å². The summed E-state index contributed by atoms with van der Waals surface area (Å²) < 4.78 is 10.6. The highest BCUT2D eigenvalue weighted by Crippen LogP contribution is 2.24. The summed E-state index contributed by atoms with van der Waals surface area (Å²) >= 11 is 0. The fourth-order valence-electron chi connectivity index (χ4n) is 2.90. The fourth-order valence-corrected chi connectivity index (χ4v) is 2.90. The second-order valence-corrected chi connectivity index (χ2v) is 7.60. The van der Waals surface area contributed by atoms with E-state index in [1.807, 2.05) is 30.3 Å². The van der Waals surface area contributed by atoms with E-state index in [9.17, 15) is 14.7 Å². The fraction of sp³-hybridized carbons (Fsp3) is 0.579. The van der Waals surface area contributed by atoms with Crippen LogP contribution in [0.5, 0.6) is 0 Å². The predicted octanol–water partition coefficient (Wildman–Crippen LogP) is 1.82. The number of hydrogen-bond donors (Lipinski definition) is 2. The summed E-state index contributed by atoms with van der Waals surface area (Å²) in [6, 6.07) is 8.25. The molecule has 1 aromatic carbocycles. The molecule has 7 heteroatoms. The number of esters is 1. The van der Waals surface area contributed by atoms with E-state index in [0.717, 1.165) is 5.56 Å². The first-order valence-electron chi connectivity index (χ1n) is 8.78. The molecule has 3 unspecified atom stereocenters. The summed E-state index contributed by atoms with van der Waals surface area (Å²) in [6.45, 7) is 5.63. The van der Waals surface area contributed by atoms with Crippen molar-refractivity contribution >= 4 is 12.1 Å². The molecule has 1 aliphatic rings. The van der Waals surface area contributed by atoms with E-state index in [1.165, 1.54) is 4.90 Å². The molecule has 0 radical (unpaired) electrons. The lowest BCUT2D eigenvalue weighted by Crippen LogP contribution is -2.49. The van der Waals surface area contributed by atoms with Gasteiger partial charge in [-0.1, -0.05) is 30.3 Å². The molecule has 0 saturated carbocycles. The molecule has 1 amide bonds. The number of nitrogens with zero attached hydrogens (tertiary/aromatic N) is 1. The van der Waals surface area contributed by atoms with Crippen molar-refractivity contribution in [2.45, 2.75) is 64.0 Å². The SMILES string of the molecule is CC(C)(C)OC(=O)N1CC(O)CC1C(N)CC(=O)OCc1ccccc1.